The topological polar surface area (TPSA) is 70.4 Å². The maximum absolute atomic E-state index is 12.6. The highest BCUT2D eigenvalue weighted by molar-refractivity contribution is 6.05. The van der Waals surface area contributed by atoms with Gasteiger partial charge in [0, 0.05) is 25.7 Å². The number of hydrogen-bond acceptors (Lipinski definition) is 7. The molecule has 0 atom stereocenters. The summed E-state index contributed by atoms with van der Waals surface area (Å²) in [5.74, 6) is 1.79. The Kier molecular flexibility index (Phi) is 8.22. The highest BCUT2D eigenvalue weighted by Crippen LogP contribution is 2.38. The first kappa shape index (κ1) is 23.1. The number of nitrogens with zero attached hydrogens (tertiary/aromatic N) is 1. The molecule has 1 fully saturated rings. The van der Waals surface area contributed by atoms with Gasteiger partial charge < -0.3 is 23.4 Å². The molecule has 0 saturated carbocycles. The molecule has 7 heteroatoms. The van der Waals surface area contributed by atoms with Crippen molar-refractivity contribution >= 4 is 16.8 Å². The van der Waals surface area contributed by atoms with Gasteiger partial charge >= 0.3 is 0 Å². The average Bonchev–Trinajstić information content (AvgIpc) is 3.31. The lowest BCUT2D eigenvalue weighted by Crippen LogP contribution is -2.38. The first-order valence-electron chi connectivity index (χ1n) is 11.5. The molecule has 0 amide bonds. The Morgan fingerprint density at radius 1 is 0.970 bits per heavy atom. The number of furan rings is 1. The second kappa shape index (κ2) is 11.7. The number of fused-ring (bicyclic) bond motifs is 1. The lowest BCUT2D eigenvalue weighted by atomic mass is 10.1. The number of morpholine rings is 1. The molecule has 3 aromatic rings. The molecule has 2 heterocycles. The summed E-state index contributed by atoms with van der Waals surface area (Å²) in [4.78, 5) is 14.9. The quantitative estimate of drug-likeness (QED) is 0.294. The van der Waals surface area contributed by atoms with Crippen molar-refractivity contribution in [3.05, 3.63) is 54.3 Å². The van der Waals surface area contributed by atoms with Crippen molar-refractivity contribution in [2.75, 3.05) is 52.7 Å². The van der Waals surface area contributed by atoms with Crippen molar-refractivity contribution in [3.8, 4) is 17.2 Å². The number of para-hydroxylation sites is 1. The minimum absolute atomic E-state index is 0.0955. The molecule has 2 aromatic carbocycles. The van der Waals surface area contributed by atoms with Gasteiger partial charge in [-0.3, -0.25) is 9.69 Å². The van der Waals surface area contributed by atoms with Crippen LogP contribution in [0.1, 0.15) is 30.1 Å². The number of ether oxygens (including phenoxy) is 4. The van der Waals surface area contributed by atoms with Crippen LogP contribution < -0.4 is 14.2 Å². The van der Waals surface area contributed by atoms with Crippen LogP contribution >= 0.6 is 0 Å². The number of rotatable bonds is 12. The number of carbonyl (C=O) groups is 1. The molecule has 1 aliphatic heterocycles. The first-order chi connectivity index (χ1) is 16.2. The SMILES string of the molecule is CC(=O)c1c(OCCN2CCOCC2)cc2occc2c1OCCCCOc1ccccc1. The van der Waals surface area contributed by atoms with Crippen LogP contribution in [-0.4, -0.2) is 63.4 Å². The van der Waals surface area contributed by atoms with E-state index in [1.165, 1.54) is 6.92 Å². The zero-order valence-corrected chi connectivity index (χ0v) is 19.1. The summed E-state index contributed by atoms with van der Waals surface area (Å²) in [6.45, 7) is 7.13. The summed E-state index contributed by atoms with van der Waals surface area (Å²) in [5.41, 5.74) is 1.11. The number of unbranched alkanes of at least 4 members (excludes halogenated alkanes) is 1. The van der Waals surface area contributed by atoms with Crippen LogP contribution in [0.2, 0.25) is 0 Å². The van der Waals surface area contributed by atoms with Crippen molar-refractivity contribution in [1.82, 2.24) is 4.90 Å². The molecule has 33 heavy (non-hydrogen) atoms. The van der Waals surface area contributed by atoms with Crippen molar-refractivity contribution in [2.45, 2.75) is 19.8 Å². The maximum atomic E-state index is 12.6. The monoisotopic (exact) mass is 453 g/mol. The van der Waals surface area contributed by atoms with Crippen molar-refractivity contribution in [2.24, 2.45) is 0 Å². The van der Waals surface area contributed by atoms with Crippen LogP contribution in [0, 0.1) is 0 Å². The van der Waals surface area contributed by atoms with Crippen LogP contribution in [0.25, 0.3) is 11.0 Å². The molecule has 0 aliphatic carbocycles. The number of hydrogen-bond donors (Lipinski definition) is 0. The van der Waals surface area contributed by atoms with E-state index in [9.17, 15) is 4.79 Å². The van der Waals surface area contributed by atoms with Gasteiger partial charge in [0.05, 0.1) is 38.1 Å². The Hall–Kier alpha value is -3.03. The Balaban J connectivity index is 1.37. The molecule has 1 aliphatic rings. The molecule has 1 saturated heterocycles. The van der Waals surface area contributed by atoms with Gasteiger partial charge in [-0.2, -0.15) is 0 Å². The lowest BCUT2D eigenvalue weighted by Gasteiger charge is -2.26. The van der Waals surface area contributed by atoms with Crippen LogP contribution in [0.15, 0.2) is 53.1 Å². The largest absolute Gasteiger partial charge is 0.494 e. The van der Waals surface area contributed by atoms with Crippen molar-refractivity contribution in [1.29, 1.82) is 0 Å². The van der Waals surface area contributed by atoms with E-state index in [-0.39, 0.29) is 5.78 Å². The first-order valence-corrected chi connectivity index (χ1v) is 11.5. The standard InChI is InChI=1S/C26H31NO6/c1-20(28)25-24(32-18-12-27-10-16-29-17-11-27)19-23-22(9-15-31-23)26(25)33-14-6-5-13-30-21-7-3-2-4-8-21/h2-4,7-9,15,19H,5-6,10-14,16-18H2,1H3. The van der Waals surface area contributed by atoms with Crippen LogP contribution in [0.5, 0.6) is 17.2 Å². The number of ketones is 1. The second-order valence-corrected chi connectivity index (χ2v) is 7.99. The van der Waals surface area contributed by atoms with Crippen molar-refractivity contribution < 1.29 is 28.2 Å². The highest BCUT2D eigenvalue weighted by atomic mass is 16.5. The van der Waals surface area contributed by atoms with E-state index >= 15 is 0 Å². The third-order valence-electron chi connectivity index (χ3n) is 5.59. The number of Topliss-reactive ketones (excluding diaryl/α,β-unsaturated/α-hetero) is 1. The van der Waals surface area contributed by atoms with Crippen LogP contribution in [-0.2, 0) is 4.74 Å². The van der Waals surface area contributed by atoms with E-state index in [0.717, 1.165) is 56.8 Å². The van der Waals surface area contributed by atoms with Gasteiger partial charge in [-0.05, 0) is 38.0 Å². The predicted molar refractivity (Wildman–Crippen MR) is 126 cm³/mol. The van der Waals surface area contributed by atoms with E-state index < -0.39 is 0 Å². The van der Waals surface area contributed by atoms with E-state index in [2.05, 4.69) is 4.90 Å². The molecule has 176 valence electrons. The highest BCUT2D eigenvalue weighted by Gasteiger charge is 2.22. The fourth-order valence-electron chi connectivity index (χ4n) is 3.85. The van der Waals surface area contributed by atoms with Gasteiger partial charge in [0.15, 0.2) is 5.78 Å². The Labute approximate surface area is 194 Å². The van der Waals surface area contributed by atoms with E-state index in [0.29, 0.717) is 42.5 Å². The molecule has 0 unspecified atom stereocenters. The Bertz CT molecular complexity index is 1030. The minimum Gasteiger partial charge on any atom is -0.494 e. The van der Waals surface area contributed by atoms with E-state index in [1.807, 2.05) is 36.4 Å². The normalized spacial score (nSPS) is 14.3. The minimum atomic E-state index is -0.0955. The zero-order valence-electron chi connectivity index (χ0n) is 19.1. The van der Waals surface area contributed by atoms with Crippen molar-refractivity contribution in [3.63, 3.8) is 0 Å². The third kappa shape index (κ3) is 6.27. The summed E-state index contributed by atoms with van der Waals surface area (Å²) in [7, 11) is 0. The fraction of sp³-hybridized carbons (Fsp3) is 0.423. The molecule has 7 nitrogen and oxygen atoms in total. The Morgan fingerprint density at radius 3 is 2.48 bits per heavy atom. The van der Waals surface area contributed by atoms with Gasteiger partial charge in [0.2, 0.25) is 0 Å². The maximum Gasteiger partial charge on any atom is 0.167 e. The molecular formula is C26H31NO6. The van der Waals surface area contributed by atoms with Gasteiger partial charge in [0.1, 0.15) is 35.0 Å². The van der Waals surface area contributed by atoms with Gasteiger partial charge in [-0.25, -0.2) is 0 Å². The molecular weight excluding hydrogens is 422 g/mol. The molecule has 0 radical (unpaired) electrons. The van der Waals surface area contributed by atoms with Gasteiger partial charge in [0.25, 0.3) is 0 Å². The predicted octanol–water partition coefficient (Wildman–Crippen LogP) is 4.58. The zero-order chi connectivity index (χ0) is 22.9. The molecule has 4 rings (SSSR count). The summed E-state index contributed by atoms with van der Waals surface area (Å²) >= 11 is 0. The summed E-state index contributed by atoms with van der Waals surface area (Å²) in [6, 6.07) is 13.4. The molecule has 0 spiro atoms. The second-order valence-electron chi connectivity index (χ2n) is 7.99. The molecule has 0 N–H and O–H groups in total. The Morgan fingerprint density at radius 2 is 1.73 bits per heavy atom. The summed E-state index contributed by atoms with van der Waals surface area (Å²) in [6.07, 6.45) is 3.24. The van der Waals surface area contributed by atoms with Crippen LogP contribution in [0.4, 0.5) is 0 Å². The summed E-state index contributed by atoms with van der Waals surface area (Å²) < 4.78 is 28.9. The number of benzene rings is 2. The lowest BCUT2D eigenvalue weighted by molar-refractivity contribution is 0.0322. The third-order valence-corrected chi connectivity index (χ3v) is 5.59. The van der Waals surface area contributed by atoms with E-state index in [4.69, 9.17) is 23.4 Å². The van der Waals surface area contributed by atoms with Crippen LogP contribution in [0.3, 0.4) is 0 Å². The average molecular weight is 454 g/mol. The fourth-order valence-corrected chi connectivity index (χ4v) is 3.85. The van der Waals surface area contributed by atoms with Gasteiger partial charge in [-0.15, -0.1) is 0 Å². The molecule has 1 aromatic heterocycles. The smallest absolute Gasteiger partial charge is 0.167 e. The molecule has 0 bridgehead atoms. The van der Waals surface area contributed by atoms with Gasteiger partial charge in [-0.1, -0.05) is 18.2 Å². The summed E-state index contributed by atoms with van der Waals surface area (Å²) in [5, 5.41) is 0.779. The van der Waals surface area contributed by atoms with E-state index in [1.54, 1.807) is 12.3 Å². The number of carbonyl (C=O) groups excluding carboxylic acids is 1.